The third-order valence-electron chi connectivity index (χ3n) is 4.66. The van der Waals surface area contributed by atoms with Crippen LogP contribution in [-0.2, 0) is 4.79 Å². The quantitative estimate of drug-likeness (QED) is 0.625. The monoisotopic (exact) mass is 373 g/mol. The van der Waals surface area contributed by atoms with Crippen LogP contribution in [0.15, 0.2) is 42.5 Å². The van der Waals surface area contributed by atoms with Crippen LogP contribution in [0.1, 0.15) is 30.0 Å². The zero-order chi connectivity index (χ0) is 18.7. The number of amides is 1. The summed E-state index contributed by atoms with van der Waals surface area (Å²) >= 11 is 6.31. The van der Waals surface area contributed by atoms with Gasteiger partial charge in [0, 0.05) is 28.4 Å². The maximum absolute atomic E-state index is 12.4. The smallest absolute Gasteiger partial charge is 0.274 e. The van der Waals surface area contributed by atoms with Gasteiger partial charge in [0.05, 0.1) is 11.5 Å². The van der Waals surface area contributed by atoms with Gasteiger partial charge in [-0.25, -0.2) is 0 Å². The second kappa shape index (κ2) is 7.85. The lowest BCUT2D eigenvalue weighted by Gasteiger charge is -2.25. The molecule has 0 aromatic heterocycles. The molecule has 7 heteroatoms. The maximum Gasteiger partial charge on any atom is 0.274 e. The lowest BCUT2D eigenvalue weighted by molar-refractivity contribution is -0.385. The third kappa shape index (κ3) is 4.03. The number of nitrogens with one attached hydrogen (secondary N) is 1. The van der Waals surface area contributed by atoms with Gasteiger partial charge in [-0.1, -0.05) is 35.9 Å². The molecule has 1 amide bonds. The third-order valence-corrected chi connectivity index (χ3v) is 5.01. The molecule has 1 atom stereocenters. The van der Waals surface area contributed by atoms with Crippen molar-refractivity contribution < 1.29 is 9.72 Å². The van der Waals surface area contributed by atoms with Gasteiger partial charge in [0.15, 0.2) is 0 Å². The first-order valence-corrected chi connectivity index (χ1v) is 8.87. The minimum atomic E-state index is -0.446. The predicted molar refractivity (Wildman–Crippen MR) is 101 cm³/mol. The highest BCUT2D eigenvalue weighted by atomic mass is 35.5. The number of carbonyl (C=O) groups excluding carboxylic acids is 1. The molecule has 0 saturated carbocycles. The fourth-order valence-electron chi connectivity index (χ4n) is 3.38. The molecule has 6 nitrogen and oxygen atoms in total. The van der Waals surface area contributed by atoms with Crippen molar-refractivity contribution in [3.8, 4) is 0 Å². The maximum atomic E-state index is 12.4. The van der Waals surface area contributed by atoms with Gasteiger partial charge in [0.25, 0.3) is 5.69 Å². The molecule has 0 bridgehead atoms. The number of carbonyl (C=O) groups is 1. The molecule has 0 aliphatic carbocycles. The van der Waals surface area contributed by atoms with Crippen molar-refractivity contribution in [2.24, 2.45) is 0 Å². The Hall–Kier alpha value is -2.44. The van der Waals surface area contributed by atoms with Crippen LogP contribution < -0.4 is 5.32 Å². The summed E-state index contributed by atoms with van der Waals surface area (Å²) in [5, 5.41) is 14.5. The topological polar surface area (TPSA) is 75.5 Å². The summed E-state index contributed by atoms with van der Waals surface area (Å²) in [6.45, 7) is 2.71. The predicted octanol–water partition coefficient (Wildman–Crippen LogP) is 4.33. The normalized spacial score (nSPS) is 17.2. The second-order valence-electron chi connectivity index (χ2n) is 6.46. The molecular formula is C19H20ClN3O3. The number of likely N-dealkylation sites (tertiary alicyclic amines) is 1. The largest absolute Gasteiger partial charge is 0.325 e. The van der Waals surface area contributed by atoms with Crippen molar-refractivity contribution in [3.05, 3.63) is 68.7 Å². The van der Waals surface area contributed by atoms with Gasteiger partial charge in [-0.15, -0.1) is 0 Å². The SMILES string of the molecule is Cc1ccc(NC(=O)CN2CCCC2c2ccccc2Cl)cc1[N+](=O)[O-]. The van der Waals surface area contributed by atoms with Gasteiger partial charge in [0.2, 0.25) is 5.91 Å². The molecular weight excluding hydrogens is 354 g/mol. The molecule has 1 fully saturated rings. The lowest BCUT2D eigenvalue weighted by Crippen LogP contribution is -2.33. The van der Waals surface area contributed by atoms with Crippen LogP contribution in [0.2, 0.25) is 5.02 Å². The van der Waals surface area contributed by atoms with Crippen molar-refractivity contribution in [1.29, 1.82) is 0 Å². The Kier molecular flexibility index (Phi) is 5.54. The van der Waals surface area contributed by atoms with E-state index in [1.54, 1.807) is 19.1 Å². The molecule has 1 N–H and O–H groups in total. The Labute approximate surface area is 156 Å². The number of benzene rings is 2. The molecule has 26 heavy (non-hydrogen) atoms. The van der Waals surface area contributed by atoms with E-state index in [2.05, 4.69) is 10.2 Å². The van der Waals surface area contributed by atoms with E-state index >= 15 is 0 Å². The Bertz CT molecular complexity index is 841. The van der Waals surface area contributed by atoms with Gasteiger partial charge in [-0.3, -0.25) is 19.8 Å². The van der Waals surface area contributed by atoms with E-state index in [-0.39, 0.29) is 24.2 Å². The Morgan fingerprint density at radius 2 is 2.12 bits per heavy atom. The average molecular weight is 374 g/mol. The second-order valence-corrected chi connectivity index (χ2v) is 6.86. The van der Waals surface area contributed by atoms with E-state index in [1.165, 1.54) is 6.07 Å². The van der Waals surface area contributed by atoms with Crippen molar-refractivity contribution in [2.45, 2.75) is 25.8 Å². The van der Waals surface area contributed by atoms with E-state index in [9.17, 15) is 14.9 Å². The first kappa shape index (κ1) is 18.4. The Balaban J connectivity index is 1.69. The van der Waals surface area contributed by atoms with Gasteiger partial charge >= 0.3 is 0 Å². The van der Waals surface area contributed by atoms with E-state index in [1.807, 2.05) is 24.3 Å². The summed E-state index contributed by atoms with van der Waals surface area (Å²) in [6, 6.07) is 12.5. The lowest BCUT2D eigenvalue weighted by atomic mass is 10.0. The summed E-state index contributed by atoms with van der Waals surface area (Å²) in [5.41, 5.74) is 2.02. The van der Waals surface area contributed by atoms with Crippen LogP contribution in [0.3, 0.4) is 0 Å². The van der Waals surface area contributed by atoms with Crippen LogP contribution in [0.25, 0.3) is 0 Å². The molecule has 0 radical (unpaired) electrons. The molecule has 2 aromatic carbocycles. The number of nitrogens with zero attached hydrogens (tertiary/aromatic N) is 2. The van der Waals surface area contributed by atoms with Crippen molar-refractivity contribution in [3.63, 3.8) is 0 Å². The van der Waals surface area contributed by atoms with Gasteiger partial charge < -0.3 is 5.32 Å². The number of nitro groups is 1. The van der Waals surface area contributed by atoms with E-state index in [0.717, 1.165) is 24.9 Å². The number of nitro benzene ring substituents is 1. The van der Waals surface area contributed by atoms with Crippen molar-refractivity contribution in [2.75, 3.05) is 18.4 Å². The molecule has 1 aliphatic rings. The van der Waals surface area contributed by atoms with Gasteiger partial charge in [-0.05, 0) is 44.0 Å². The van der Waals surface area contributed by atoms with Crippen LogP contribution in [0.4, 0.5) is 11.4 Å². The number of rotatable bonds is 5. The van der Waals surface area contributed by atoms with Crippen molar-refractivity contribution in [1.82, 2.24) is 4.90 Å². The Morgan fingerprint density at radius 1 is 1.35 bits per heavy atom. The van der Waals surface area contributed by atoms with E-state index < -0.39 is 4.92 Å². The first-order valence-electron chi connectivity index (χ1n) is 8.49. The summed E-state index contributed by atoms with van der Waals surface area (Å²) in [7, 11) is 0. The molecule has 3 rings (SSSR count). The summed E-state index contributed by atoms with van der Waals surface area (Å²) in [4.78, 5) is 25.1. The minimum absolute atomic E-state index is 0.00193. The minimum Gasteiger partial charge on any atom is -0.325 e. The highest BCUT2D eigenvalue weighted by Crippen LogP contribution is 2.35. The van der Waals surface area contributed by atoms with E-state index in [0.29, 0.717) is 16.3 Å². The number of hydrogen-bond donors (Lipinski definition) is 1. The molecule has 2 aromatic rings. The number of halogens is 1. The number of aryl methyl sites for hydroxylation is 1. The van der Waals surface area contributed by atoms with E-state index in [4.69, 9.17) is 11.6 Å². The number of anilines is 1. The molecule has 1 aliphatic heterocycles. The highest BCUT2D eigenvalue weighted by molar-refractivity contribution is 6.31. The molecule has 136 valence electrons. The average Bonchev–Trinajstić information content (AvgIpc) is 3.04. The van der Waals surface area contributed by atoms with Crippen LogP contribution in [0, 0.1) is 17.0 Å². The van der Waals surface area contributed by atoms with Crippen LogP contribution in [-0.4, -0.2) is 28.8 Å². The zero-order valence-electron chi connectivity index (χ0n) is 14.4. The summed E-state index contributed by atoms with van der Waals surface area (Å²) in [6.07, 6.45) is 1.95. The summed E-state index contributed by atoms with van der Waals surface area (Å²) in [5.74, 6) is -0.192. The summed E-state index contributed by atoms with van der Waals surface area (Å²) < 4.78 is 0. The molecule has 1 saturated heterocycles. The standard InChI is InChI=1S/C19H20ClN3O3/c1-13-8-9-14(11-18(13)23(25)26)21-19(24)12-22-10-4-7-17(22)15-5-2-3-6-16(15)20/h2-3,5-6,8-9,11,17H,4,7,10,12H2,1H3,(H,21,24). The van der Waals surface area contributed by atoms with Gasteiger partial charge in [-0.2, -0.15) is 0 Å². The molecule has 1 unspecified atom stereocenters. The fourth-order valence-corrected chi connectivity index (χ4v) is 3.64. The molecule has 0 spiro atoms. The highest BCUT2D eigenvalue weighted by Gasteiger charge is 2.28. The first-order chi connectivity index (χ1) is 12.5. The van der Waals surface area contributed by atoms with Crippen LogP contribution in [0.5, 0.6) is 0 Å². The fraction of sp³-hybridized carbons (Fsp3) is 0.316. The molecule has 1 heterocycles. The van der Waals surface area contributed by atoms with Gasteiger partial charge in [0.1, 0.15) is 0 Å². The zero-order valence-corrected chi connectivity index (χ0v) is 15.2. The number of hydrogen-bond acceptors (Lipinski definition) is 4. The Morgan fingerprint density at radius 3 is 2.85 bits per heavy atom. The van der Waals surface area contributed by atoms with Crippen molar-refractivity contribution >= 4 is 28.9 Å². The van der Waals surface area contributed by atoms with Crippen LogP contribution >= 0.6 is 11.6 Å².